The molecule has 0 bridgehead atoms. The summed E-state index contributed by atoms with van der Waals surface area (Å²) >= 11 is 0. The van der Waals surface area contributed by atoms with Crippen molar-refractivity contribution in [3.8, 4) is 5.75 Å². The number of benzene rings is 1. The van der Waals surface area contributed by atoms with Crippen LogP contribution in [0, 0.1) is 0 Å². The third-order valence-electron chi connectivity index (χ3n) is 2.62. The molecule has 1 rings (SSSR count). The van der Waals surface area contributed by atoms with E-state index in [1.165, 1.54) is 0 Å². The van der Waals surface area contributed by atoms with E-state index in [0.29, 0.717) is 17.2 Å². The van der Waals surface area contributed by atoms with Crippen molar-refractivity contribution in [3.05, 3.63) is 23.3 Å². The highest BCUT2D eigenvalue weighted by atomic mass is 32.2. The predicted molar refractivity (Wildman–Crippen MR) is 73.9 cm³/mol. The van der Waals surface area contributed by atoms with E-state index in [1.54, 1.807) is 13.4 Å². The molecule has 3 nitrogen and oxygen atoms in total. The minimum absolute atomic E-state index is 0.0182. The van der Waals surface area contributed by atoms with Gasteiger partial charge in [-0.15, -0.1) is 0 Å². The summed E-state index contributed by atoms with van der Waals surface area (Å²) in [6, 6.07) is 3.97. The standard InChI is InChI=1S/C13H21NO2S/c1-13(2,3)10-6-9(8-17(5)15)12(16-4)11(14)7-10/h6-7H,8,14H2,1-5H3. The van der Waals surface area contributed by atoms with Gasteiger partial charge in [0, 0.05) is 22.6 Å². The molecule has 0 amide bonds. The number of ether oxygens (including phenoxy) is 1. The minimum Gasteiger partial charge on any atom is -0.494 e. The van der Waals surface area contributed by atoms with E-state index in [9.17, 15) is 4.21 Å². The Hall–Kier alpha value is -1.03. The van der Waals surface area contributed by atoms with E-state index in [4.69, 9.17) is 10.5 Å². The largest absolute Gasteiger partial charge is 0.494 e. The normalized spacial score (nSPS) is 13.5. The highest BCUT2D eigenvalue weighted by molar-refractivity contribution is 7.83. The molecule has 0 fully saturated rings. The maximum atomic E-state index is 11.4. The first-order valence-corrected chi connectivity index (χ1v) is 7.25. The van der Waals surface area contributed by atoms with Crippen LogP contribution in [-0.2, 0) is 22.0 Å². The Morgan fingerprint density at radius 3 is 2.35 bits per heavy atom. The molecule has 0 heterocycles. The maximum Gasteiger partial charge on any atom is 0.145 e. The van der Waals surface area contributed by atoms with Crippen LogP contribution in [0.3, 0.4) is 0 Å². The van der Waals surface area contributed by atoms with Gasteiger partial charge in [0.25, 0.3) is 0 Å². The van der Waals surface area contributed by atoms with Crippen molar-refractivity contribution in [3.63, 3.8) is 0 Å². The molecule has 0 saturated heterocycles. The van der Waals surface area contributed by atoms with Crippen LogP contribution in [0.1, 0.15) is 31.9 Å². The van der Waals surface area contributed by atoms with Gasteiger partial charge in [0.15, 0.2) is 0 Å². The Labute approximate surface area is 106 Å². The van der Waals surface area contributed by atoms with Gasteiger partial charge >= 0.3 is 0 Å². The lowest BCUT2D eigenvalue weighted by Gasteiger charge is -2.22. The average molecular weight is 255 g/mol. The topological polar surface area (TPSA) is 52.3 Å². The van der Waals surface area contributed by atoms with Gasteiger partial charge in [0.05, 0.1) is 18.6 Å². The zero-order valence-corrected chi connectivity index (χ0v) is 12.0. The summed E-state index contributed by atoms with van der Waals surface area (Å²) in [5, 5.41) is 0. The fraction of sp³-hybridized carbons (Fsp3) is 0.538. The van der Waals surface area contributed by atoms with E-state index >= 15 is 0 Å². The van der Waals surface area contributed by atoms with E-state index < -0.39 is 10.8 Å². The van der Waals surface area contributed by atoms with Gasteiger partial charge in [0.2, 0.25) is 0 Å². The molecule has 1 aromatic rings. The van der Waals surface area contributed by atoms with Gasteiger partial charge in [-0.05, 0) is 17.0 Å². The van der Waals surface area contributed by atoms with Gasteiger partial charge in [-0.25, -0.2) is 0 Å². The molecule has 1 aromatic carbocycles. The Kier molecular flexibility index (Phi) is 4.20. The number of anilines is 1. The molecule has 0 aliphatic rings. The van der Waals surface area contributed by atoms with Gasteiger partial charge in [-0.1, -0.05) is 26.8 Å². The zero-order valence-electron chi connectivity index (χ0n) is 11.2. The third-order valence-corrected chi connectivity index (χ3v) is 3.34. The number of nitrogens with two attached hydrogens (primary N) is 1. The number of hydrogen-bond donors (Lipinski definition) is 1. The van der Waals surface area contributed by atoms with Crippen molar-refractivity contribution in [2.45, 2.75) is 31.9 Å². The van der Waals surface area contributed by atoms with E-state index in [1.807, 2.05) is 12.1 Å². The highest BCUT2D eigenvalue weighted by Gasteiger charge is 2.18. The molecule has 0 radical (unpaired) electrons. The van der Waals surface area contributed by atoms with E-state index in [-0.39, 0.29) is 5.41 Å². The summed E-state index contributed by atoms with van der Waals surface area (Å²) in [7, 11) is 0.681. The maximum absolute atomic E-state index is 11.4. The molecule has 0 aliphatic heterocycles. The van der Waals surface area contributed by atoms with Gasteiger partial charge < -0.3 is 10.5 Å². The average Bonchev–Trinajstić information content (AvgIpc) is 2.14. The first-order chi connectivity index (χ1) is 7.75. The molecule has 1 unspecified atom stereocenters. The molecule has 0 aromatic heterocycles. The number of methoxy groups -OCH3 is 1. The van der Waals surface area contributed by atoms with E-state index in [0.717, 1.165) is 11.1 Å². The second-order valence-corrected chi connectivity index (χ2v) is 6.66. The number of hydrogen-bond acceptors (Lipinski definition) is 3. The quantitative estimate of drug-likeness (QED) is 0.844. The van der Waals surface area contributed by atoms with Crippen LogP contribution in [0.4, 0.5) is 5.69 Å². The molecule has 17 heavy (non-hydrogen) atoms. The zero-order chi connectivity index (χ0) is 13.2. The minimum atomic E-state index is -0.907. The van der Waals surface area contributed by atoms with Crippen molar-refractivity contribution in [2.24, 2.45) is 0 Å². The van der Waals surface area contributed by atoms with Crippen LogP contribution in [0.25, 0.3) is 0 Å². The Bertz CT molecular complexity index is 436. The van der Waals surface area contributed by atoms with Gasteiger partial charge in [-0.3, -0.25) is 4.21 Å². The molecule has 96 valence electrons. The van der Waals surface area contributed by atoms with Crippen LogP contribution in [0.2, 0.25) is 0 Å². The molecule has 1 atom stereocenters. The first kappa shape index (κ1) is 14.0. The first-order valence-electron chi connectivity index (χ1n) is 5.52. The Morgan fingerprint density at radius 2 is 1.94 bits per heavy atom. The summed E-state index contributed by atoms with van der Waals surface area (Å²) in [6.45, 7) is 6.38. The lowest BCUT2D eigenvalue weighted by molar-refractivity contribution is 0.413. The highest BCUT2D eigenvalue weighted by Crippen LogP contribution is 2.33. The fourth-order valence-corrected chi connectivity index (χ4v) is 2.37. The van der Waals surface area contributed by atoms with Crippen LogP contribution in [0.15, 0.2) is 12.1 Å². The van der Waals surface area contributed by atoms with Gasteiger partial charge in [0.1, 0.15) is 5.75 Å². The SMILES string of the molecule is COc1c(N)cc(C(C)(C)C)cc1CS(C)=O. The second-order valence-electron chi connectivity index (χ2n) is 5.23. The number of rotatable bonds is 3. The molecule has 0 spiro atoms. The summed E-state index contributed by atoms with van der Waals surface area (Å²) in [5.74, 6) is 1.12. The summed E-state index contributed by atoms with van der Waals surface area (Å²) in [4.78, 5) is 0. The molecule has 0 aliphatic carbocycles. The van der Waals surface area contributed by atoms with Crippen molar-refractivity contribution in [1.82, 2.24) is 0 Å². The Morgan fingerprint density at radius 1 is 1.35 bits per heavy atom. The van der Waals surface area contributed by atoms with Crippen LogP contribution in [-0.4, -0.2) is 17.6 Å². The van der Waals surface area contributed by atoms with Gasteiger partial charge in [-0.2, -0.15) is 0 Å². The fourth-order valence-electron chi connectivity index (χ4n) is 1.72. The van der Waals surface area contributed by atoms with Crippen molar-refractivity contribution >= 4 is 16.5 Å². The molecular weight excluding hydrogens is 234 g/mol. The van der Waals surface area contributed by atoms with Crippen molar-refractivity contribution in [2.75, 3.05) is 19.1 Å². The summed E-state index contributed by atoms with van der Waals surface area (Å²) in [6.07, 6.45) is 1.68. The van der Waals surface area contributed by atoms with Crippen LogP contribution >= 0.6 is 0 Å². The Balaban J connectivity index is 3.33. The lowest BCUT2D eigenvalue weighted by atomic mass is 9.85. The summed E-state index contributed by atoms with van der Waals surface area (Å²) < 4.78 is 16.7. The molecule has 2 N–H and O–H groups in total. The van der Waals surface area contributed by atoms with E-state index in [2.05, 4.69) is 20.8 Å². The molecule has 4 heteroatoms. The third kappa shape index (κ3) is 3.46. The monoisotopic (exact) mass is 255 g/mol. The predicted octanol–water partition coefficient (Wildman–Crippen LogP) is 2.45. The van der Waals surface area contributed by atoms with Crippen molar-refractivity contribution in [1.29, 1.82) is 0 Å². The van der Waals surface area contributed by atoms with Crippen molar-refractivity contribution < 1.29 is 8.95 Å². The molecule has 0 saturated carbocycles. The smallest absolute Gasteiger partial charge is 0.145 e. The second kappa shape index (κ2) is 5.08. The number of nitrogen functional groups attached to an aromatic ring is 1. The molecular formula is C13H21NO2S. The lowest BCUT2D eigenvalue weighted by Crippen LogP contribution is -2.13. The van der Waals surface area contributed by atoms with Crippen LogP contribution < -0.4 is 10.5 Å². The summed E-state index contributed by atoms with van der Waals surface area (Å²) in [5.41, 5.74) is 8.66. The van der Waals surface area contributed by atoms with Crippen LogP contribution in [0.5, 0.6) is 5.75 Å².